The Morgan fingerprint density at radius 1 is 1.15 bits per heavy atom. The van der Waals surface area contributed by atoms with E-state index in [-0.39, 0.29) is 0 Å². The van der Waals surface area contributed by atoms with E-state index in [2.05, 4.69) is 38.2 Å². The number of hydrogen-bond acceptors (Lipinski definition) is 3. The molecule has 0 spiro atoms. The topological polar surface area (TPSA) is 34.4 Å². The molecule has 1 N–H and O–H groups in total. The van der Waals surface area contributed by atoms with E-state index in [9.17, 15) is 0 Å². The van der Waals surface area contributed by atoms with Crippen LogP contribution in [0.15, 0.2) is 28.9 Å². The third-order valence-corrected chi connectivity index (χ3v) is 3.49. The normalized spacial score (nSPS) is 10.8. The van der Waals surface area contributed by atoms with Gasteiger partial charge in [-0.25, -0.2) is 0 Å². The Morgan fingerprint density at radius 3 is 2.65 bits per heavy atom. The van der Waals surface area contributed by atoms with E-state index in [4.69, 9.17) is 9.15 Å². The average Bonchev–Trinajstić information content (AvgIpc) is 2.89. The van der Waals surface area contributed by atoms with Crippen LogP contribution in [0.1, 0.15) is 30.2 Å². The quantitative estimate of drug-likeness (QED) is 0.806. The standard InChI is InChI=1S/C17H23NO2/c1-5-7-18-11-17-14(6-8-20-17)15-9-13(3)16(19-4)10-12(15)2/h6,8-10,18H,5,7,11H2,1-4H3. The summed E-state index contributed by atoms with van der Waals surface area (Å²) in [5, 5.41) is 3.39. The summed E-state index contributed by atoms with van der Waals surface area (Å²) in [6.45, 7) is 8.10. The van der Waals surface area contributed by atoms with Crippen molar-refractivity contribution in [3.05, 3.63) is 41.3 Å². The Bertz CT molecular complexity index is 572. The highest BCUT2D eigenvalue weighted by Crippen LogP contribution is 2.32. The molecule has 0 aliphatic carbocycles. The first-order valence-electron chi connectivity index (χ1n) is 7.10. The number of benzene rings is 1. The lowest BCUT2D eigenvalue weighted by molar-refractivity contribution is 0.411. The van der Waals surface area contributed by atoms with Gasteiger partial charge >= 0.3 is 0 Å². The number of hydrogen-bond donors (Lipinski definition) is 1. The van der Waals surface area contributed by atoms with Crippen molar-refractivity contribution in [3.8, 4) is 16.9 Å². The molecular weight excluding hydrogens is 250 g/mol. The molecule has 0 bridgehead atoms. The van der Waals surface area contributed by atoms with E-state index >= 15 is 0 Å². The van der Waals surface area contributed by atoms with Crippen molar-refractivity contribution in [1.82, 2.24) is 5.32 Å². The zero-order valence-corrected chi connectivity index (χ0v) is 12.7. The van der Waals surface area contributed by atoms with Crippen LogP contribution in [0.5, 0.6) is 5.75 Å². The van der Waals surface area contributed by atoms with Crippen LogP contribution in [0.4, 0.5) is 0 Å². The number of methoxy groups -OCH3 is 1. The van der Waals surface area contributed by atoms with E-state index < -0.39 is 0 Å². The summed E-state index contributed by atoms with van der Waals surface area (Å²) in [5.74, 6) is 1.92. The first kappa shape index (κ1) is 14.7. The number of rotatable bonds is 6. The minimum Gasteiger partial charge on any atom is -0.496 e. The molecule has 2 rings (SSSR count). The van der Waals surface area contributed by atoms with Gasteiger partial charge in [-0.05, 0) is 61.7 Å². The maximum absolute atomic E-state index is 5.62. The summed E-state index contributed by atoms with van der Waals surface area (Å²) in [6, 6.07) is 6.29. The van der Waals surface area contributed by atoms with Crippen LogP contribution in [0.2, 0.25) is 0 Å². The second-order valence-electron chi connectivity index (χ2n) is 5.07. The lowest BCUT2D eigenvalue weighted by atomic mass is 9.98. The van der Waals surface area contributed by atoms with Gasteiger partial charge in [0.25, 0.3) is 0 Å². The van der Waals surface area contributed by atoms with Gasteiger partial charge in [0.2, 0.25) is 0 Å². The molecular formula is C17H23NO2. The van der Waals surface area contributed by atoms with Gasteiger partial charge in [-0.2, -0.15) is 0 Å². The first-order chi connectivity index (χ1) is 9.67. The maximum atomic E-state index is 5.62. The molecule has 0 saturated heterocycles. The van der Waals surface area contributed by atoms with Gasteiger partial charge in [0.1, 0.15) is 11.5 Å². The SMILES string of the molecule is CCCNCc1occc1-c1cc(C)c(OC)cc1C. The van der Waals surface area contributed by atoms with Gasteiger partial charge in [0.15, 0.2) is 0 Å². The minimum atomic E-state index is 0.765. The van der Waals surface area contributed by atoms with Gasteiger partial charge < -0.3 is 14.5 Å². The highest BCUT2D eigenvalue weighted by molar-refractivity contribution is 5.71. The first-order valence-corrected chi connectivity index (χ1v) is 7.10. The monoisotopic (exact) mass is 273 g/mol. The summed E-state index contributed by atoms with van der Waals surface area (Å²) >= 11 is 0. The van der Waals surface area contributed by atoms with Crippen LogP contribution in [0.25, 0.3) is 11.1 Å². The zero-order chi connectivity index (χ0) is 14.5. The Morgan fingerprint density at radius 2 is 1.95 bits per heavy atom. The van der Waals surface area contributed by atoms with Crippen LogP contribution in [0.3, 0.4) is 0 Å². The van der Waals surface area contributed by atoms with Gasteiger partial charge in [-0.15, -0.1) is 0 Å². The molecule has 1 aromatic heterocycles. The zero-order valence-electron chi connectivity index (χ0n) is 12.7. The molecule has 1 aromatic carbocycles. The number of ether oxygens (including phenoxy) is 1. The summed E-state index contributed by atoms with van der Waals surface area (Å²) in [6.07, 6.45) is 2.88. The molecule has 3 nitrogen and oxygen atoms in total. The molecule has 3 heteroatoms. The van der Waals surface area contributed by atoms with Crippen molar-refractivity contribution in [3.63, 3.8) is 0 Å². The van der Waals surface area contributed by atoms with Crippen molar-refractivity contribution in [2.45, 2.75) is 33.7 Å². The largest absolute Gasteiger partial charge is 0.496 e. The molecule has 0 aliphatic rings. The molecule has 20 heavy (non-hydrogen) atoms. The fourth-order valence-corrected chi connectivity index (χ4v) is 2.40. The van der Waals surface area contributed by atoms with E-state index in [0.29, 0.717) is 0 Å². The van der Waals surface area contributed by atoms with E-state index in [1.165, 1.54) is 11.1 Å². The Labute approximate surface area is 121 Å². The van der Waals surface area contributed by atoms with Crippen LogP contribution in [0, 0.1) is 13.8 Å². The third kappa shape index (κ3) is 3.05. The highest BCUT2D eigenvalue weighted by atomic mass is 16.5. The molecule has 2 aromatic rings. The van der Waals surface area contributed by atoms with Crippen molar-refractivity contribution in [1.29, 1.82) is 0 Å². The van der Waals surface area contributed by atoms with E-state index in [1.54, 1.807) is 13.4 Å². The van der Waals surface area contributed by atoms with Crippen molar-refractivity contribution in [2.24, 2.45) is 0 Å². The number of nitrogens with one attached hydrogen (secondary N) is 1. The number of aryl methyl sites for hydroxylation is 2. The fraction of sp³-hybridized carbons (Fsp3) is 0.412. The second-order valence-corrected chi connectivity index (χ2v) is 5.07. The lowest BCUT2D eigenvalue weighted by Crippen LogP contribution is -2.13. The average molecular weight is 273 g/mol. The predicted molar refractivity (Wildman–Crippen MR) is 82.2 cm³/mol. The van der Waals surface area contributed by atoms with Gasteiger partial charge in [0.05, 0.1) is 19.9 Å². The summed E-state index contributed by atoms with van der Waals surface area (Å²) in [5.41, 5.74) is 4.72. The summed E-state index contributed by atoms with van der Waals surface area (Å²) < 4.78 is 11.0. The molecule has 0 aliphatic heterocycles. The van der Waals surface area contributed by atoms with E-state index in [0.717, 1.165) is 42.1 Å². The van der Waals surface area contributed by atoms with Crippen LogP contribution >= 0.6 is 0 Å². The van der Waals surface area contributed by atoms with Crippen molar-refractivity contribution in [2.75, 3.05) is 13.7 Å². The molecule has 0 unspecified atom stereocenters. The van der Waals surface area contributed by atoms with E-state index in [1.807, 2.05) is 6.07 Å². The van der Waals surface area contributed by atoms with Crippen LogP contribution in [-0.2, 0) is 6.54 Å². The Balaban J connectivity index is 2.32. The molecule has 0 atom stereocenters. The van der Waals surface area contributed by atoms with Crippen LogP contribution in [-0.4, -0.2) is 13.7 Å². The molecule has 0 amide bonds. The van der Waals surface area contributed by atoms with Gasteiger partial charge in [0, 0.05) is 5.56 Å². The number of furan rings is 1. The molecule has 1 heterocycles. The van der Waals surface area contributed by atoms with Gasteiger partial charge in [-0.3, -0.25) is 0 Å². The minimum absolute atomic E-state index is 0.765. The summed E-state index contributed by atoms with van der Waals surface area (Å²) in [7, 11) is 1.71. The van der Waals surface area contributed by atoms with Crippen LogP contribution < -0.4 is 10.1 Å². The fourth-order valence-electron chi connectivity index (χ4n) is 2.40. The Hall–Kier alpha value is -1.74. The smallest absolute Gasteiger partial charge is 0.125 e. The molecule has 0 radical (unpaired) electrons. The molecule has 0 saturated carbocycles. The highest BCUT2D eigenvalue weighted by Gasteiger charge is 2.13. The Kier molecular flexibility index (Phi) is 4.85. The second kappa shape index (κ2) is 6.62. The van der Waals surface area contributed by atoms with Crippen molar-refractivity contribution >= 4 is 0 Å². The molecule has 108 valence electrons. The van der Waals surface area contributed by atoms with Gasteiger partial charge in [-0.1, -0.05) is 6.92 Å². The summed E-state index contributed by atoms with van der Waals surface area (Å²) in [4.78, 5) is 0. The molecule has 0 fully saturated rings. The van der Waals surface area contributed by atoms with Crippen molar-refractivity contribution < 1.29 is 9.15 Å². The lowest BCUT2D eigenvalue weighted by Gasteiger charge is -2.12. The maximum Gasteiger partial charge on any atom is 0.125 e. The predicted octanol–water partition coefficient (Wildman–Crippen LogP) is 4.07. The third-order valence-electron chi connectivity index (χ3n) is 3.49.